The van der Waals surface area contributed by atoms with Crippen molar-refractivity contribution in [3.05, 3.63) is 54.4 Å². The summed E-state index contributed by atoms with van der Waals surface area (Å²) < 4.78 is 12.6. The number of hydrogen-bond donors (Lipinski definition) is 0. The molecule has 13 heavy (non-hydrogen) atoms. The molecule has 0 aliphatic carbocycles. The van der Waals surface area contributed by atoms with Crippen LogP contribution in [0.15, 0.2) is 43.0 Å². The van der Waals surface area contributed by atoms with E-state index in [9.17, 15) is 4.39 Å². The number of hydrogen-bond acceptors (Lipinski definition) is 0. The summed E-state index contributed by atoms with van der Waals surface area (Å²) >= 11 is 0. The maximum atomic E-state index is 12.6. The van der Waals surface area contributed by atoms with Gasteiger partial charge in [0, 0.05) is 0 Å². The van der Waals surface area contributed by atoms with Crippen molar-refractivity contribution in [1.29, 1.82) is 0 Å². The van der Waals surface area contributed by atoms with Gasteiger partial charge in [0.05, 0.1) is 0 Å². The third-order valence-corrected chi connectivity index (χ3v) is 1.77. The van der Waals surface area contributed by atoms with E-state index in [0.29, 0.717) is 0 Å². The first-order valence-corrected chi connectivity index (χ1v) is 4.17. The zero-order valence-corrected chi connectivity index (χ0v) is 7.81. The number of rotatable bonds is 3. The van der Waals surface area contributed by atoms with Crippen LogP contribution in [0.5, 0.6) is 0 Å². The maximum absolute atomic E-state index is 12.6. The molecule has 1 aromatic rings. The lowest BCUT2D eigenvalue weighted by Crippen LogP contribution is -1.84. The minimum Gasteiger partial charge on any atom is -0.207 e. The van der Waals surface area contributed by atoms with Crippen LogP contribution < -0.4 is 0 Å². The number of halogens is 1. The molecule has 0 bridgehead atoms. The van der Waals surface area contributed by atoms with Gasteiger partial charge in [-0.1, -0.05) is 30.9 Å². The fourth-order valence-corrected chi connectivity index (χ4v) is 1.15. The minimum atomic E-state index is -0.216. The first-order chi connectivity index (χ1) is 6.09. The van der Waals surface area contributed by atoms with E-state index in [1.165, 1.54) is 12.1 Å². The Hall–Kier alpha value is -1.37. The fourth-order valence-electron chi connectivity index (χ4n) is 1.15. The first kappa shape index (κ1) is 9.72. The van der Waals surface area contributed by atoms with Gasteiger partial charge in [-0.05, 0) is 36.6 Å². The molecule has 0 saturated heterocycles. The fraction of sp³-hybridized carbons (Fsp3) is 0.167. The Morgan fingerprint density at radius 3 is 2.23 bits per heavy atom. The van der Waals surface area contributed by atoms with E-state index in [1.807, 2.05) is 6.92 Å². The van der Waals surface area contributed by atoms with Crippen LogP contribution in [0.1, 0.15) is 18.9 Å². The molecule has 0 heterocycles. The van der Waals surface area contributed by atoms with Crippen LogP contribution in [-0.4, -0.2) is 0 Å². The number of allylic oxidation sites excluding steroid dienone is 2. The summed E-state index contributed by atoms with van der Waals surface area (Å²) in [6, 6.07) is 6.36. The van der Waals surface area contributed by atoms with Crippen molar-refractivity contribution in [3.63, 3.8) is 0 Å². The molecule has 0 aromatic heterocycles. The molecule has 0 nitrogen and oxygen atoms in total. The Balaban J connectivity index is 2.78. The summed E-state index contributed by atoms with van der Waals surface area (Å²) in [4.78, 5) is 0. The Morgan fingerprint density at radius 2 is 1.77 bits per heavy atom. The van der Waals surface area contributed by atoms with E-state index in [4.69, 9.17) is 0 Å². The Labute approximate surface area is 78.4 Å². The lowest BCUT2D eigenvalue weighted by molar-refractivity contribution is 0.627. The Morgan fingerprint density at radius 1 is 1.23 bits per heavy atom. The van der Waals surface area contributed by atoms with Crippen molar-refractivity contribution < 1.29 is 4.39 Å². The molecule has 1 rings (SSSR count). The van der Waals surface area contributed by atoms with Gasteiger partial charge in [-0.15, -0.1) is 0 Å². The van der Waals surface area contributed by atoms with Gasteiger partial charge < -0.3 is 0 Å². The summed E-state index contributed by atoms with van der Waals surface area (Å²) in [5.74, 6) is -0.216. The molecule has 0 spiro atoms. The third-order valence-electron chi connectivity index (χ3n) is 1.77. The van der Waals surface area contributed by atoms with Crippen LogP contribution in [0.25, 0.3) is 5.57 Å². The predicted octanol–water partition coefficient (Wildman–Crippen LogP) is 3.81. The van der Waals surface area contributed by atoms with Crippen molar-refractivity contribution >= 4 is 5.57 Å². The van der Waals surface area contributed by atoms with Crippen LogP contribution in [0.4, 0.5) is 4.39 Å². The van der Waals surface area contributed by atoms with Crippen molar-refractivity contribution in [2.45, 2.75) is 13.3 Å². The normalized spacial score (nSPS) is 9.69. The summed E-state index contributed by atoms with van der Waals surface area (Å²) in [5.41, 5.74) is 3.02. The summed E-state index contributed by atoms with van der Waals surface area (Å²) in [6.45, 7) is 9.67. The lowest BCUT2D eigenvalue weighted by Gasteiger charge is -2.04. The average Bonchev–Trinajstić information content (AvgIpc) is 2.04. The van der Waals surface area contributed by atoms with E-state index in [2.05, 4.69) is 13.2 Å². The van der Waals surface area contributed by atoms with Gasteiger partial charge in [0.25, 0.3) is 0 Å². The van der Waals surface area contributed by atoms with Gasteiger partial charge >= 0.3 is 0 Å². The topological polar surface area (TPSA) is 0 Å². The van der Waals surface area contributed by atoms with Crippen LogP contribution >= 0.6 is 0 Å². The molecule has 0 aliphatic rings. The minimum absolute atomic E-state index is 0.216. The SMILES string of the molecule is C=C(C)CC(=C)c1ccc(F)cc1. The van der Waals surface area contributed by atoms with E-state index in [0.717, 1.165) is 23.1 Å². The van der Waals surface area contributed by atoms with Gasteiger partial charge in [-0.2, -0.15) is 0 Å². The van der Waals surface area contributed by atoms with Gasteiger partial charge in [0.2, 0.25) is 0 Å². The standard InChI is InChI=1S/C12H13F/c1-9(2)8-10(3)11-4-6-12(13)7-5-11/h4-7H,1,3,8H2,2H3. The second-order valence-electron chi connectivity index (χ2n) is 3.24. The largest absolute Gasteiger partial charge is 0.207 e. The summed E-state index contributed by atoms with van der Waals surface area (Å²) in [7, 11) is 0. The lowest BCUT2D eigenvalue weighted by atomic mass is 10.0. The molecular weight excluding hydrogens is 163 g/mol. The molecule has 1 heteroatoms. The first-order valence-electron chi connectivity index (χ1n) is 4.17. The highest BCUT2D eigenvalue weighted by atomic mass is 19.1. The van der Waals surface area contributed by atoms with Crippen molar-refractivity contribution in [2.75, 3.05) is 0 Å². The quantitative estimate of drug-likeness (QED) is 0.614. The molecular formula is C12H13F. The smallest absolute Gasteiger partial charge is 0.123 e. The van der Waals surface area contributed by atoms with Gasteiger partial charge in [-0.25, -0.2) is 4.39 Å². The molecule has 0 saturated carbocycles. The van der Waals surface area contributed by atoms with Gasteiger partial charge in [-0.3, -0.25) is 0 Å². The molecule has 0 unspecified atom stereocenters. The highest BCUT2D eigenvalue weighted by Crippen LogP contribution is 2.19. The second kappa shape index (κ2) is 4.04. The third kappa shape index (κ3) is 2.86. The highest BCUT2D eigenvalue weighted by molar-refractivity contribution is 5.64. The molecule has 0 atom stereocenters. The Kier molecular flexibility index (Phi) is 3.02. The monoisotopic (exact) mass is 176 g/mol. The van der Waals surface area contributed by atoms with Gasteiger partial charge in [0.15, 0.2) is 0 Å². The van der Waals surface area contributed by atoms with Crippen molar-refractivity contribution in [2.24, 2.45) is 0 Å². The zero-order valence-electron chi connectivity index (χ0n) is 7.81. The molecule has 68 valence electrons. The molecule has 0 radical (unpaired) electrons. The predicted molar refractivity (Wildman–Crippen MR) is 54.9 cm³/mol. The molecule has 0 amide bonds. The van der Waals surface area contributed by atoms with Crippen molar-refractivity contribution in [3.8, 4) is 0 Å². The van der Waals surface area contributed by atoms with Crippen LogP contribution in [0.3, 0.4) is 0 Å². The van der Waals surface area contributed by atoms with Crippen LogP contribution in [0, 0.1) is 5.82 Å². The van der Waals surface area contributed by atoms with Crippen LogP contribution in [-0.2, 0) is 0 Å². The van der Waals surface area contributed by atoms with Crippen molar-refractivity contribution in [1.82, 2.24) is 0 Å². The summed E-state index contributed by atoms with van der Waals surface area (Å²) in [6.07, 6.45) is 0.769. The van der Waals surface area contributed by atoms with E-state index < -0.39 is 0 Å². The molecule has 0 fully saturated rings. The van der Waals surface area contributed by atoms with E-state index >= 15 is 0 Å². The summed E-state index contributed by atoms with van der Waals surface area (Å²) in [5, 5.41) is 0. The average molecular weight is 176 g/mol. The second-order valence-corrected chi connectivity index (χ2v) is 3.24. The van der Waals surface area contributed by atoms with E-state index in [-0.39, 0.29) is 5.82 Å². The van der Waals surface area contributed by atoms with E-state index in [1.54, 1.807) is 12.1 Å². The van der Waals surface area contributed by atoms with Crippen LogP contribution in [0.2, 0.25) is 0 Å². The zero-order chi connectivity index (χ0) is 9.84. The molecule has 0 aliphatic heterocycles. The van der Waals surface area contributed by atoms with Gasteiger partial charge in [0.1, 0.15) is 5.82 Å². The maximum Gasteiger partial charge on any atom is 0.123 e. The molecule has 0 N–H and O–H groups in total. The Bertz CT molecular complexity index is 319. The highest BCUT2D eigenvalue weighted by Gasteiger charge is 1.98. The number of benzene rings is 1. The molecule has 1 aromatic carbocycles.